The van der Waals surface area contributed by atoms with Gasteiger partial charge in [0.1, 0.15) is 6.54 Å². The Morgan fingerprint density at radius 3 is 2.68 bits per heavy atom. The summed E-state index contributed by atoms with van der Waals surface area (Å²) < 4.78 is 39.4. The number of amides is 1. The zero-order valence-corrected chi connectivity index (χ0v) is 16.2. The van der Waals surface area contributed by atoms with Gasteiger partial charge < -0.3 is 9.47 Å². The van der Waals surface area contributed by atoms with E-state index in [4.69, 9.17) is 0 Å². The summed E-state index contributed by atoms with van der Waals surface area (Å²) in [5.41, 5.74) is -0.574. The van der Waals surface area contributed by atoms with Crippen LogP contribution in [0.3, 0.4) is 0 Å². The summed E-state index contributed by atoms with van der Waals surface area (Å²) in [7, 11) is 0. The van der Waals surface area contributed by atoms with Crippen molar-refractivity contribution in [1.29, 1.82) is 0 Å². The van der Waals surface area contributed by atoms with E-state index in [9.17, 15) is 22.8 Å². The van der Waals surface area contributed by atoms with Crippen LogP contribution in [0.25, 0.3) is 0 Å². The molecule has 0 aliphatic carbocycles. The number of pyridine rings is 1. The zero-order chi connectivity index (χ0) is 20.3. The second kappa shape index (κ2) is 8.44. The highest BCUT2D eigenvalue weighted by Crippen LogP contribution is 2.28. The van der Waals surface area contributed by atoms with Gasteiger partial charge >= 0.3 is 6.18 Å². The standard InChI is InChI=1S/C18H21F3N4O2S/c1-13-22-15(12-28-13)10-23-5-2-6-24(8-7-23)17(27)11-25-9-14(18(19,20)21)3-4-16(25)26/h3-4,9,12H,2,5-8,10-11H2,1H3. The molecule has 1 fully saturated rings. The Morgan fingerprint density at radius 2 is 2.00 bits per heavy atom. The lowest BCUT2D eigenvalue weighted by molar-refractivity contribution is -0.138. The first-order valence-corrected chi connectivity index (χ1v) is 9.79. The Hall–Kier alpha value is -2.20. The number of rotatable bonds is 4. The van der Waals surface area contributed by atoms with Crippen molar-refractivity contribution in [3.8, 4) is 0 Å². The molecule has 0 aromatic carbocycles. The minimum Gasteiger partial charge on any atom is -0.340 e. The first-order chi connectivity index (χ1) is 13.2. The van der Waals surface area contributed by atoms with Crippen LogP contribution in [-0.2, 0) is 24.1 Å². The number of alkyl halides is 3. The van der Waals surface area contributed by atoms with Crippen molar-refractivity contribution < 1.29 is 18.0 Å². The molecule has 1 saturated heterocycles. The third-order valence-corrected chi connectivity index (χ3v) is 5.43. The number of aromatic nitrogens is 2. The van der Waals surface area contributed by atoms with E-state index in [-0.39, 0.29) is 5.91 Å². The van der Waals surface area contributed by atoms with Gasteiger partial charge in [-0.1, -0.05) is 0 Å². The summed E-state index contributed by atoms with van der Waals surface area (Å²) in [5, 5.41) is 3.02. The molecule has 0 spiro atoms. The summed E-state index contributed by atoms with van der Waals surface area (Å²) in [6, 6.07) is 1.57. The number of carbonyl (C=O) groups is 1. The Labute approximate surface area is 164 Å². The third-order valence-electron chi connectivity index (χ3n) is 4.61. The molecule has 0 radical (unpaired) electrons. The van der Waals surface area contributed by atoms with E-state index in [1.54, 1.807) is 16.2 Å². The fourth-order valence-electron chi connectivity index (χ4n) is 3.16. The fraction of sp³-hybridized carbons (Fsp3) is 0.500. The van der Waals surface area contributed by atoms with Crippen molar-refractivity contribution in [2.24, 2.45) is 0 Å². The first-order valence-electron chi connectivity index (χ1n) is 8.91. The number of nitrogens with zero attached hydrogens (tertiary/aromatic N) is 4. The van der Waals surface area contributed by atoms with Gasteiger partial charge in [0, 0.05) is 50.4 Å². The molecular formula is C18H21F3N4O2S. The van der Waals surface area contributed by atoms with Crippen LogP contribution in [0.1, 0.15) is 22.7 Å². The second-order valence-corrected chi connectivity index (χ2v) is 7.81. The van der Waals surface area contributed by atoms with Gasteiger partial charge in [-0.25, -0.2) is 4.98 Å². The van der Waals surface area contributed by atoms with Crippen LogP contribution in [0.5, 0.6) is 0 Å². The van der Waals surface area contributed by atoms with E-state index in [0.29, 0.717) is 32.4 Å². The van der Waals surface area contributed by atoms with Gasteiger partial charge in [-0.15, -0.1) is 11.3 Å². The Morgan fingerprint density at radius 1 is 1.21 bits per heavy atom. The van der Waals surface area contributed by atoms with Gasteiger partial charge in [-0.3, -0.25) is 14.5 Å². The molecule has 3 heterocycles. The van der Waals surface area contributed by atoms with E-state index >= 15 is 0 Å². The molecule has 1 aliphatic heterocycles. The highest BCUT2D eigenvalue weighted by atomic mass is 32.1. The minimum absolute atomic E-state index is 0.354. The molecule has 1 aliphatic rings. The second-order valence-electron chi connectivity index (χ2n) is 6.75. The molecule has 0 unspecified atom stereocenters. The summed E-state index contributed by atoms with van der Waals surface area (Å²) >= 11 is 1.59. The maximum Gasteiger partial charge on any atom is 0.417 e. The minimum atomic E-state index is -4.56. The third kappa shape index (κ3) is 5.20. The van der Waals surface area contributed by atoms with E-state index in [1.165, 1.54) is 0 Å². The zero-order valence-electron chi connectivity index (χ0n) is 15.4. The highest BCUT2D eigenvalue weighted by Gasteiger charge is 2.31. The van der Waals surface area contributed by atoms with Crippen LogP contribution in [0.2, 0.25) is 0 Å². The Kier molecular flexibility index (Phi) is 6.19. The summed E-state index contributed by atoms with van der Waals surface area (Å²) in [6.45, 7) is 4.71. The maximum absolute atomic E-state index is 12.8. The van der Waals surface area contributed by atoms with Crippen molar-refractivity contribution in [2.75, 3.05) is 26.2 Å². The van der Waals surface area contributed by atoms with E-state index in [2.05, 4.69) is 9.88 Å². The summed E-state index contributed by atoms with van der Waals surface area (Å²) in [4.78, 5) is 32.7. The van der Waals surface area contributed by atoms with Gasteiger partial charge in [0.05, 0.1) is 16.3 Å². The van der Waals surface area contributed by atoms with E-state index in [0.717, 1.165) is 40.4 Å². The largest absolute Gasteiger partial charge is 0.417 e. The van der Waals surface area contributed by atoms with Crippen molar-refractivity contribution in [1.82, 2.24) is 19.4 Å². The smallest absolute Gasteiger partial charge is 0.340 e. The first kappa shape index (κ1) is 20.5. The predicted octanol–water partition coefficient (Wildman–Crippen LogP) is 2.37. The molecule has 3 rings (SSSR count). The van der Waals surface area contributed by atoms with Crippen LogP contribution in [0.4, 0.5) is 13.2 Å². The van der Waals surface area contributed by atoms with Gasteiger partial charge in [-0.05, 0) is 19.4 Å². The Bertz CT molecular complexity index is 893. The average Bonchev–Trinajstić information content (AvgIpc) is 2.88. The van der Waals surface area contributed by atoms with Gasteiger partial charge in [-0.2, -0.15) is 13.2 Å². The lowest BCUT2D eigenvalue weighted by atomic mass is 10.2. The SMILES string of the molecule is Cc1nc(CN2CCCN(C(=O)Cn3cc(C(F)(F)F)ccc3=O)CC2)cs1. The van der Waals surface area contributed by atoms with Crippen LogP contribution < -0.4 is 5.56 Å². The van der Waals surface area contributed by atoms with Crippen molar-refractivity contribution >= 4 is 17.2 Å². The molecule has 10 heteroatoms. The molecule has 28 heavy (non-hydrogen) atoms. The number of halogens is 3. The van der Waals surface area contributed by atoms with Gasteiger partial charge in [0.15, 0.2) is 0 Å². The molecule has 2 aromatic heterocycles. The monoisotopic (exact) mass is 414 g/mol. The predicted molar refractivity (Wildman–Crippen MR) is 99.0 cm³/mol. The molecule has 2 aromatic rings. The number of aryl methyl sites for hydroxylation is 1. The van der Waals surface area contributed by atoms with Gasteiger partial charge in [0.25, 0.3) is 5.56 Å². The van der Waals surface area contributed by atoms with Crippen LogP contribution in [0.15, 0.2) is 28.5 Å². The van der Waals surface area contributed by atoms with Gasteiger partial charge in [0.2, 0.25) is 5.91 Å². The number of hydrogen-bond donors (Lipinski definition) is 0. The summed E-state index contributed by atoms with van der Waals surface area (Å²) in [5.74, 6) is -0.354. The van der Waals surface area contributed by atoms with Crippen molar-refractivity contribution in [2.45, 2.75) is 32.6 Å². The topological polar surface area (TPSA) is 58.4 Å². The quantitative estimate of drug-likeness (QED) is 0.771. The van der Waals surface area contributed by atoms with Crippen molar-refractivity contribution in [3.05, 3.63) is 50.3 Å². The van der Waals surface area contributed by atoms with Crippen molar-refractivity contribution in [3.63, 3.8) is 0 Å². The lowest BCUT2D eigenvalue weighted by Crippen LogP contribution is -2.39. The molecule has 0 N–H and O–H groups in total. The molecule has 0 saturated carbocycles. The Balaban J connectivity index is 1.61. The van der Waals surface area contributed by atoms with E-state index < -0.39 is 23.8 Å². The molecule has 1 amide bonds. The molecular weight excluding hydrogens is 393 g/mol. The van der Waals surface area contributed by atoms with Crippen LogP contribution >= 0.6 is 11.3 Å². The molecule has 0 bridgehead atoms. The number of carbonyl (C=O) groups excluding carboxylic acids is 1. The lowest BCUT2D eigenvalue weighted by Gasteiger charge is -2.22. The van der Waals surface area contributed by atoms with Crippen LogP contribution in [0, 0.1) is 6.92 Å². The average molecular weight is 414 g/mol. The molecule has 152 valence electrons. The number of hydrogen-bond acceptors (Lipinski definition) is 5. The van der Waals surface area contributed by atoms with E-state index in [1.807, 2.05) is 12.3 Å². The number of thiazole rings is 1. The van der Waals surface area contributed by atoms with Crippen LogP contribution in [-0.4, -0.2) is 51.4 Å². The normalized spacial score (nSPS) is 16.2. The highest BCUT2D eigenvalue weighted by molar-refractivity contribution is 7.09. The summed E-state index contributed by atoms with van der Waals surface area (Å²) in [6.07, 6.45) is -3.10. The molecule has 6 nitrogen and oxygen atoms in total. The molecule has 0 atom stereocenters. The fourth-order valence-corrected chi connectivity index (χ4v) is 3.76. The maximum atomic E-state index is 12.8.